The van der Waals surface area contributed by atoms with E-state index in [1.54, 1.807) is 7.05 Å². The normalized spacial score (nSPS) is 13.0. The number of nitrogens with one attached hydrogen (secondary N) is 2. The molecule has 1 aliphatic rings. The number of carbonyl (C=O) groups is 3. The summed E-state index contributed by atoms with van der Waals surface area (Å²) in [6.07, 6.45) is -0.165. The van der Waals surface area contributed by atoms with Crippen LogP contribution < -0.4 is 10.6 Å². The predicted octanol–water partition coefficient (Wildman–Crippen LogP) is 3.00. The molecule has 1 aromatic heterocycles. The topological polar surface area (TPSA) is 132 Å². The van der Waals surface area contributed by atoms with E-state index < -0.39 is 24.1 Å². The molecule has 1 atom stereocenters. The van der Waals surface area contributed by atoms with Gasteiger partial charge < -0.3 is 19.9 Å². The number of methoxy groups -OCH3 is 1. The molecular weight excluding hydrogens is 452 g/mol. The summed E-state index contributed by atoms with van der Waals surface area (Å²) in [6.45, 7) is 0.194. The van der Waals surface area contributed by atoms with Crippen LogP contribution in [0, 0.1) is 0 Å². The zero-order valence-corrected chi connectivity index (χ0v) is 19.4. The summed E-state index contributed by atoms with van der Waals surface area (Å²) < 4.78 is 11.8. The molecule has 1 aliphatic carbocycles. The van der Waals surface area contributed by atoms with Gasteiger partial charge in [-0.2, -0.15) is 5.10 Å². The molecule has 10 nitrogen and oxygen atoms in total. The molecule has 10 heteroatoms. The van der Waals surface area contributed by atoms with Crippen molar-refractivity contribution in [3.63, 3.8) is 0 Å². The van der Waals surface area contributed by atoms with E-state index in [1.807, 2.05) is 36.4 Å². The van der Waals surface area contributed by atoms with Crippen LogP contribution in [-0.2, 0) is 21.3 Å². The molecule has 1 unspecified atom stereocenters. The minimum Gasteiger partial charge on any atom is -0.479 e. The summed E-state index contributed by atoms with van der Waals surface area (Å²) >= 11 is 0. The summed E-state index contributed by atoms with van der Waals surface area (Å²) in [5, 5.41) is 18.3. The third-order valence-corrected chi connectivity index (χ3v) is 5.88. The van der Waals surface area contributed by atoms with Crippen molar-refractivity contribution in [2.24, 2.45) is 7.05 Å². The molecule has 2 amide bonds. The summed E-state index contributed by atoms with van der Waals surface area (Å²) in [4.78, 5) is 36.2. The van der Waals surface area contributed by atoms with E-state index in [1.165, 1.54) is 18.0 Å². The molecule has 0 saturated heterocycles. The summed E-state index contributed by atoms with van der Waals surface area (Å²) in [5.41, 5.74) is 4.62. The number of aliphatic carboxylic acids is 1. The van der Waals surface area contributed by atoms with Crippen molar-refractivity contribution in [3.8, 4) is 11.1 Å². The van der Waals surface area contributed by atoms with Gasteiger partial charge in [-0.05, 0) is 22.3 Å². The lowest BCUT2D eigenvalue weighted by Crippen LogP contribution is -2.32. The van der Waals surface area contributed by atoms with Crippen molar-refractivity contribution in [2.45, 2.75) is 18.4 Å². The number of carboxylic acids is 1. The van der Waals surface area contributed by atoms with Crippen LogP contribution in [0.15, 0.2) is 54.7 Å². The highest BCUT2D eigenvalue weighted by Gasteiger charge is 2.29. The zero-order chi connectivity index (χ0) is 24.9. The van der Waals surface area contributed by atoms with E-state index in [0.717, 1.165) is 22.3 Å². The Morgan fingerprint density at radius 1 is 1.09 bits per heavy atom. The molecule has 3 N–H and O–H groups in total. The van der Waals surface area contributed by atoms with E-state index in [4.69, 9.17) is 14.6 Å². The minimum atomic E-state index is -1.11. The Labute approximate surface area is 201 Å². The van der Waals surface area contributed by atoms with E-state index in [-0.39, 0.29) is 36.9 Å². The molecule has 0 radical (unpaired) electrons. The number of benzene rings is 2. The molecule has 1 heterocycles. The number of carbonyl (C=O) groups excluding carboxylic acids is 2. The zero-order valence-electron chi connectivity index (χ0n) is 19.4. The van der Waals surface area contributed by atoms with Gasteiger partial charge in [-0.25, -0.2) is 9.59 Å². The highest BCUT2D eigenvalue weighted by atomic mass is 16.5. The Balaban J connectivity index is 1.38. The molecule has 0 bridgehead atoms. The largest absolute Gasteiger partial charge is 0.479 e. The van der Waals surface area contributed by atoms with E-state index in [9.17, 15) is 14.4 Å². The third kappa shape index (κ3) is 5.17. The van der Waals surface area contributed by atoms with Crippen molar-refractivity contribution in [3.05, 3.63) is 71.5 Å². The van der Waals surface area contributed by atoms with Crippen LogP contribution in [0.2, 0.25) is 0 Å². The minimum absolute atomic E-state index is 0.00898. The van der Waals surface area contributed by atoms with Crippen LogP contribution in [0.5, 0.6) is 0 Å². The monoisotopic (exact) mass is 478 g/mol. The summed E-state index contributed by atoms with van der Waals surface area (Å²) in [7, 11) is 2.90. The first kappa shape index (κ1) is 24.0. The van der Waals surface area contributed by atoms with Crippen LogP contribution in [0.25, 0.3) is 11.1 Å². The van der Waals surface area contributed by atoms with E-state index >= 15 is 0 Å². The second-order valence-electron chi connectivity index (χ2n) is 8.12. The lowest BCUT2D eigenvalue weighted by atomic mass is 9.98. The molecular formula is C25H26N4O6. The molecule has 0 saturated carbocycles. The maximum atomic E-state index is 12.6. The quantitative estimate of drug-likeness (QED) is 0.431. The number of fused-ring (bicyclic) bond motifs is 3. The molecule has 2 aromatic carbocycles. The second-order valence-corrected chi connectivity index (χ2v) is 8.12. The second kappa shape index (κ2) is 10.4. The number of hydrogen-bond acceptors (Lipinski definition) is 6. The highest BCUT2D eigenvalue weighted by Crippen LogP contribution is 2.44. The highest BCUT2D eigenvalue weighted by molar-refractivity contribution is 6.00. The lowest BCUT2D eigenvalue weighted by molar-refractivity contribution is -0.148. The maximum Gasteiger partial charge on any atom is 0.411 e. The van der Waals surface area contributed by atoms with Crippen LogP contribution >= 0.6 is 0 Å². The summed E-state index contributed by atoms with van der Waals surface area (Å²) in [5.74, 6) is -1.76. The molecule has 0 fully saturated rings. The van der Waals surface area contributed by atoms with Gasteiger partial charge in [0.1, 0.15) is 6.61 Å². The van der Waals surface area contributed by atoms with Crippen LogP contribution in [-0.4, -0.2) is 59.2 Å². The fourth-order valence-corrected chi connectivity index (χ4v) is 4.23. The Bertz CT molecular complexity index is 1210. The number of hydrogen-bond donors (Lipinski definition) is 3. The number of rotatable bonds is 9. The average Bonchev–Trinajstić information content (AvgIpc) is 3.37. The average molecular weight is 479 g/mol. The third-order valence-electron chi connectivity index (χ3n) is 5.88. The predicted molar refractivity (Wildman–Crippen MR) is 127 cm³/mol. The van der Waals surface area contributed by atoms with Crippen LogP contribution in [0.4, 0.5) is 10.5 Å². The van der Waals surface area contributed by atoms with Gasteiger partial charge in [-0.1, -0.05) is 48.5 Å². The van der Waals surface area contributed by atoms with E-state index in [0.29, 0.717) is 0 Å². The van der Waals surface area contributed by atoms with Gasteiger partial charge in [0, 0.05) is 39.2 Å². The van der Waals surface area contributed by atoms with Crippen molar-refractivity contribution in [1.29, 1.82) is 0 Å². The van der Waals surface area contributed by atoms with Gasteiger partial charge in [0.2, 0.25) is 0 Å². The van der Waals surface area contributed by atoms with Gasteiger partial charge in [-0.3, -0.25) is 14.8 Å². The number of ether oxygens (including phenoxy) is 2. The Morgan fingerprint density at radius 3 is 2.31 bits per heavy atom. The van der Waals surface area contributed by atoms with Crippen molar-refractivity contribution in [1.82, 2.24) is 15.1 Å². The Morgan fingerprint density at radius 2 is 1.71 bits per heavy atom. The standard InChI is InChI=1S/C25H26N4O6/c1-29-13-20(22(28-29)23(30)26-12-11-21(34-2)24(31)32)27-25(33)35-14-19-17-9-5-3-7-15(17)16-8-4-6-10-18(16)19/h3-10,13,19,21H,11-12,14H2,1-2H3,(H,26,30)(H,27,33)(H,31,32). The number of anilines is 1. The molecule has 3 aromatic rings. The maximum absolute atomic E-state index is 12.6. The van der Waals surface area contributed by atoms with Gasteiger partial charge in [0.05, 0.1) is 5.69 Å². The van der Waals surface area contributed by atoms with Crippen LogP contribution in [0.3, 0.4) is 0 Å². The van der Waals surface area contributed by atoms with Gasteiger partial charge >= 0.3 is 12.1 Å². The number of nitrogens with zero attached hydrogens (tertiary/aromatic N) is 2. The Hall–Kier alpha value is -4.18. The number of aromatic nitrogens is 2. The molecule has 182 valence electrons. The first-order chi connectivity index (χ1) is 16.9. The number of aryl methyl sites for hydroxylation is 1. The van der Waals surface area contributed by atoms with Gasteiger partial charge in [0.25, 0.3) is 5.91 Å². The molecule has 0 aliphatic heterocycles. The number of amides is 2. The van der Waals surface area contributed by atoms with Crippen molar-refractivity contribution < 1.29 is 29.0 Å². The first-order valence-corrected chi connectivity index (χ1v) is 11.1. The lowest BCUT2D eigenvalue weighted by Gasteiger charge is -2.14. The number of carboxylic acid groups (broad SMARTS) is 1. The fraction of sp³-hybridized carbons (Fsp3) is 0.280. The first-order valence-electron chi connectivity index (χ1n) is 11.1. The SMILES string of the molecule is COC(CCNC(=O)c1nn(C)cc1NC(=O)OCC1c2ccccc2-c2ccccc21)C(=O)O. The van der Waals surface area contributed by atoms with Crippen molar-refractivity contribution in [2.75, 3.05) is 25.6 Å². The van der Waals surface area contributed by atoms with Crippen molar-refractivity contribution >= 4 is 23.7 Å². The van der Waals surface area contributed by atoms with Gasteiger partial charge in [-0.15, -0.1) is 0 Å². The molecule has 4 rings (SSSR count). The Kier molecular flexibility index (Phi) is 7.11. The fourth-order valence-electron chi connectivity index (χ4n) is 4.23. The van der Waals surface area contributed by atoms with Gasteiger partial charge in [0.15, 0.2) is 11.8 Å². The van der Waals surface area contributed by atoms with E-state index in [2.05, 4.69) is 27.9 Å². The molecule has 35 heavy (non-hydrogen) atoms. The summed E-state index contributed by atoms with van der Waals surface area (Å²) in [6, 6.07) is 16.1. The van der Waals surface area contributed by atoms with Crippen LogP contribution in [0.1, 0.15) is 34.0 Å². The smallest absolute Gasteiger partial charge is 0.411 e. The molecule has 0 spiro atoms.